The number of hydrogen-bond acceptors (Lipinski definition) is 4. The molecule has 1 atom stereocenters. The van der Waals surface area contributed by atoms with E-state index in [1.807, 2.05) is 13.8 Å². The maximum atomic E-state index is 11.6. The molecule has 5 nitrogen and oxygen atoms in total. The Morgan fingerprint density at radius 3 is 2.41 bits per heavy atom. The predicted molar refractivity (Wildman–Crippen MR) is 67.5 cm³/mol. The van der Waals surface area contributed by atoms with Crippen molar-refractivity contribution in [2.24, 2.45) is 5.92 Å². The van der Waals surface area contributed by atoms with Crippen LogP contribution >= 0.6 is 11.6 Å². The number of carbonyl (C=O) groups is 1. The molecule has 1 N–H and O–H groups in total. The highest BCUT2D eigenvalue weighted by molar-refractivity contribution is 7.89. The molecule has 0 aliphatic heterocycles. The molecular weight excluding hydrogens is 266 g/mol. The molecule has 0 aromatic heterocycles. The van der Waals surface area contributed by atoms with Gasteiger partial charge in [0.25, 0.3) is 0 Å². The summed E-state index contributed by atoms with van der Waals surface area (Å²) in [6, 6.07) is -0.819. The van der Waals surface area contributed by atoms with Crippen LogP contribution in [0.25, 0.3) is 0 Å². The van der Waals surface area contributed by atoms with Gasteiger partial charge in [-0.3, -0.25) is 4.79 Å². The van der Waals surface area contributed by atoms with Crippen LogP contribution in [-0.4, -0.2) is 39.2 Å². The number of rotatable bonds is 8. The molecule has 0 amide bonds. The minimum Gasteiger partial charge on any atom is -0.468 e. The Bertz CT molecular complexity index is 329. The Hall–Kier alpha value is -0.330. The molecule has 102 valence electrons. The average molecular weight is 286 g/mol. The van der Waals surface area contributed by atoms with Gasteiger partial charge in [-0.25, -0.2) is 13.1 Å². The highest BCUT2D eigenvalue weighted by atomic mass is 35.5. The molecule has 0 aliphatic carbocycles. The van der Waals surface area contributed by atoms with Gasteiger partial charge in [-0.15, -0.1) is 11.6 Å². The van der Waals surface area contributed by atoms with Crippen molar-refractivity contribution in [1.82, 2.24) is 4.72 Å². The topological polar surface area (TPSA) is 72.5 Å². The van der Waals surface area contributed by atoms with Gasteiger partial charge in [0.1, 0.15) is 6.04 Å². The van der Waals surface area contributed by atoms with Gasteiger partial charge in [0.05, 0.1) is 12.9 Å². The van der Waals surface area contributed by atoms with E-state index in [-0.39, 0.29) is 17.6 Å². The Morgan fingerprint density at radius 1 is 1.41 bits per heavy atom. The first-order valence-electron chi connectivity index (χ1n) is 5.46. The molecule has 0 rings (SSSR count). The predicted octanol–water partition coefficient (Wildman–Crippen LogP) is 1.12. The molecule has 0 radical (unpaired) electrons. The first-order chi connectivity index (χ1) is 7.82. The van der Waals surface area contributed by atoms with Crippen molar-refractivity contribution in [3.05, 3.63) is 0 Å². The minimum absolute atomic E-state index is 0.0813. The Morgan fingerprint density at radius 2 is 2.00 bits per heavy atom. The third-order valence-electron chi connectivity index (χ3n) is 2.06. The number of ether oxygens (including phenoxy) is 1. The van der Waals surface area contributed by atoms with Crippen molar-refractivity contribution >= 4 is 27.6 Å². The van der Waals surface area contributed by atoms with E-state index in [9.17, 15) is 13.2 Å². The lowest BCUT2D eigenvalue weighted by molar-refractivity contribution is -0.143. The zero-order valence-electron chi connectivity index (χ0n) is 10.4. The second kappa shape index (κ2) is 7.89. The molecule has 0 saturated carbocycles. The van der Waals surface area contributed by atoms with Crippen LogP contribution in [0.5, 0.6) is 0 Å². The van der Waals surface area contributed by atoms with Crippen LogP contribution in [0.1, 0.15) is 26.7 Å². The van der Waals surface area contributed by atoms with E-state index in [0.717, 1.165) is 0 Å². The van der Waals surface area contributed by atoms with Gasteiger partial charge in [0.15, 0.2) is 0 Å². The SMILES string of the molecule is COC(=O)C(CC(C)C)NS(=O)(=O)CCCCl. The van der Waals surface area contributed by atoms with Crippen LogP contribution in [0.2, 0.25) is 0 Å². The number of halogens is 1. The number of sulfonamides is 1. The molecule has 0 saturated heterocycles. The first kappa shape index (κ1) is 16.7. The van der Waals surface area contributed by atoms with Crippen molar-refractivity contribution in [3.63, 3.8) is 0 Å². The Kier molecular flexibility index (Phi) is 7.74. The second-order valence-electron chi connectivity index (χ2n) is 4.18. The zero-order chi connectivity index (χ0) is 13.5. The first-order valence-corrected chi connectivity index (χ1v) is 7.65. The summed E-state index contributed by atoms with van der Waals surface area (Å²) in [6.07, 6.45) is 0.763. The molecule has 0 bridgehead atoms. The van der Waals surface area contributed by atoms with E-state index in [0.29, 0.717) is 12.8 Å². The number of alkyl halides is 1. The van der Waals surface area contributed by atoms with Crippen molar-refractivity contribution in [2.75, 3.05) is 18.7 Å². The van der Waals surface area contributed by atoms with E-state index in [1.54, 1.807) is 0 Å². The normalized spacial score (nSPS) is 13.7. The maximum Gasteiger partial charge on any atom is 0.323 e. The molecule has 17 heavy (non-hydrogen) atoms. The molecule has 0 fully saturated rings. The van der Waals surface area contributed by atoms with Gasteiger partial charge in [0, 0.05) is 5.88 Å². The number of nitrogens with one attached hydrogen (secondary N) is 1. The fraction of sp³-hybridized carbons (Fsp3) is 0.900. The Balaban J connectivity index is 4.57. The van der Waals surface area contributed by atoms with Gasteiger partial charge in [-0.1, -0.05) is 13.8 Å². The maximum absolute atomic E-state index is 11.6. The zero-order valence-corrected chi connectivity index (χ0v) is 12.0. The van der Waals surface area contributed by atoms with Crippen molar-refractivity contribution in [1.29, 1.82) is 0 Å². The van der Waals surface area contributed by atoms with Crippen LogP contribution in [0.4, 0.5) is 0 Å². The highest BCUT2D eigenvalue weighted by Gasteiger charge is 2.25. The second-order valence-corrected chi connectivity index (χ2v) is 6.44. The van der Waals surface area contributed by atoms with Crippen LogP contribution in [0.3, 0.4) is 0 Å². The van der Waals surface area contributed by atoms with Gasteiger partial charge in [-0.2, -0.15) is 0 Å². The summed E-state index contributed by atoms with van der Waals surface area (Å²) in [5, 5.41) is 0. The number of hydrogen-bond donors (Lipinski definition) is 1. The Labute approximate surface area is 108 Å². The minimum atomic E-state index is -3.48. The number of carbonyl (C=O) groups excluding carboxylic acids is 1. The molecular formula is C10H20ClNO4S. The van der Waals surface area contributed by atoms with E-state index in [1.165, 1.54) is 7.11 Å². The van der Waals surface area contributed by atoms with E-state index >= 15 is 0 Å². The van der Waals surface area contributed by atoms with Gasteiger partial charge < -0.3 is 4.74 Å². The molecule has 0 spiro atoms. The summed E-state index contributed by atoms with van der Waals surface area (Å²) in [5.41, 5.74) is 0. The van der Waals surface area contributed by atoms with Crippen molar-refractivity contribution < 1.29 is 17.9 Å². The molecule has 7 heteroatoms. The quantitative estimate of drug-likeness (QED) is 0.536. The van der Waals surface area contributed by atoms with Crippen LogP contribution in [-0.2, 0) is 19.6 Å². The van der Waals surface area contributed by atoms with Crippen molar-refractivity contribution in [2.45, 2.75) is 32.7 Å². The fourth-order valence-corrected chi connectivity index (χ4v) is 2.89. The molecule has 1 unspecified atom stereocenters. The van der Waals surface area contributed by atoms with Crippen LogP contribution in [0, 0.1) is 5.92 Å². The number of esters is 1. The third kappa shape index (κ3) is 7.57. The largest absolute Gasteiger partial charge is 0.468 e. The average Bonchev–Trinajstić information content (AvgIpc) is 2.23. The molecule has 0 heterocycles. The third-order valence-corrected chi connectivity index (χ3v) is 3.80. The van der Waals surface area contributed by atoms with E-state index in [2.05, 4.69) is 9.46 Å². The monoisotopic (exact) mass is 285 g/mol. The van der Waals surface area contributed by atoms with Gasteiger partial charge in [0.2, 0.25) is 10.0 Å². The van der Waals surface area contributed by atoms with Crippen LogP contribution < -0.4 is 4.72 Å². The molecule has 0 aliphatic rings. The lowest BCUT2D eigenvalue weighted by Gasteiger charge is -2.18. The summed E-state index contributed by atoms with van der Waals surface area (Å²) < 4.78 is 30.2. The van der Waals surface area contributed by atoms with Crippen molar-refractivity contribution in [3.8, 4) is 0 Å². The van der Waals surface area contributed by atoms with Gasteiger partial charge in [-0.05, 0) is 18.8 Å². The summed E-state index contributed by atoms with van der Waals surface area (Å²) in [4.78, 5) is 11.4. The van der Waals surface area contributed by atoms with E-state index in [4.69, 9.17) is 11.6 Å². The standard InChI is InChI=1S/C10H20ClNO4S/c1-8(2)7-9(10(13)16-3)12-17(14,15)6-4-5-11/h8-9,12H,4-7H2,1-3H3. The summed E-state index contributed by atoms with van der Waals surface area (Å²) in [5.74, 6) is -0.182. The van der Waals surface area contributed by atoms with Crippen LogP contribution in [0.15, 0.2) is 0 Å². The summed E-state index contributed by atoms with van der Waals surface area (Å²) >= 11 is 5.43. The fourth-order valence-electron chi connectivity index (χ4n) is 1.33. The summed E-state index contributed by atoms with van der Waals surface area (Å²) in [6.45, 7) is 3.81. The smallest absolute Gasteiger partial charge is 0.323 e. The molecule has 0 aromatic carbocycles. The summed E-state index contributed by atoms with van der Waals surface area (Å²) in [7, 11) is -2.24. The van der Waals surface area contributed by atoms with Gasteiger partial charge >= 0.3 is 5.97 Å². The lowest BCUT2D eigenvalue weighted by atomic mass is 10.1. The number of methoxy groups -OCH3 is 1. The highest BCUT2D eigenvalue weighted by Crippen LogP contribution is 2.08. The lowest BCUT2D eigenvalue weighted by Crippen LogP contribution is -2.43. The van der Waals surface area contributed by atoms with E-state index < -0.39 is 22.0 Å². The molecule has 0 aromatic rings.